The lowest BCUT2D eigenvalue weighted by Gasteiger charge is -2.25. The number of hydrogen-bond donors (Lipinski definition) is 2. The van der Waals surface area contributed by atoms with Gasteiger partial charge in [0.15, 0.2) is 0 Å². The zero-order chi connectivity index (χ0) is 11.5. The van der Waals surface area contributed by atoms with E-state index in [4.69, 9.17) is 5.84 Å². The van der Waals surface area contributed by atoms with E-state index in [9.17, 15) is 0 Å². The lowest BCUT2D eigenvalue weighted by Crippen LogP contribution is -2.32. The second kappa shape index (κ2) is 4.77. The average Bonchev–Trinajstić information content (AvgIpc) is 2.60. The number of aryl methyl sites for hydroxylation is 1. The summed E-state index contributed by atoms with van der Waals surface area (Å²) in [6, 6.07) is 2.20. The van der Waals surface area contributed by atoms with E-state index in [2.05, 4.69) is 38.2 Å². The molecule has 0 spiro atoms. The Labute approximate surface area is 91.8 Å². The van der Waals surface area contributed by atoms with Crippen LogP contribution in [0.25, 0.3) is 0 Å². The van der Waals surface area contributed by atoms with Crippen molar-refractivity contribution in [2.75, 3.05) is 0 Å². The van der Waals surface area contributed by atoms with Crippen molar-refractivity contribution in [3.8, 4) is 0 Å². The summed E-state index contributed by atoms with van der Waals surface area (Å²) in [5.74, 6) is 5.60. The summed E-state index contributed by atoms with van der Waals surface area (Å²) >= 11 is 0. The predicted molar refractivity (Wildman–Crippen MR) is 62.0 cm³/mol. The van der Waals surface area contributed by atoms with E-state index < -0.39 is 0 Å². The number of nitrogens with two attached hydrogens (primary N) is 1. The quantitative estimate of drug-likeness (QED) is 0.589. The van der Waals surface area contributed by atoms with Gasteiger partial charge in [0.1, 0.15) is 0 Å². The molecule has 15 heavy (non-hydrogen) atoms. The van der Waals surface area contributed by atoms with Crippen LogP contribution in [0.2, 0.25) is 0 Å². The van der Waals surface area contributed by atoms with Crippen molar-refractivity contribution < 1.29 is 0 Å². The number of rotatable bonds is 4. The molecule has 0 radical (unpaired) electrons. The monoisotopic (exact) mass is 210 g/mol. The molecule has 0 saturated heterocycles. The summed E-state index contributed by atoms with van der Waals surface area (Å²) in [6.45, 7) is 9.60. The van der Waals surface area contributed by atoms with Crippen LogP contribution in [0.3, 0.4) is 0 Å². The molecule has 1 heterocycles. The first kappa shape index (κ1) is 12.2. The van der Waals surface area contributed by atoms with E-state index in [1.807, 2.05) is 16.9 Å². The zero-order valence-corrected chi connectivity index (χ0v) is 10.1. The molecule has 4 nitrogen and oxygen atoms in total. The van der Waals surface area contributed by atoms with Gasteiger partial charge < -0.3 is 0 Å². The summed E-state index contributed by atoms with van der Waals surface area (Å²) < 4.78 is 1.98. The SMILES string of the molecule is CCn1nccc1C(CC(C)(C)C)NN. The van der Waals surface area contributed by atoms with E-state index in [0.717, 1.165) is 18.7 Å². The molecule has 0 aromatic carbocycles. The van der Waals surface area contributed by atoms with Crippen LogP contribution in [-0.2, 0) is 6.54 Å². The third kappa shape index (κ3) is 3.32. The van der Waals surface area contributed by atoms with E-state index in [-0.39, 0.29) is 11.5 Å². The molecule has 0 fully saturated rings. The highest BCUT2D eigenvalue weighted by molar-refractivity contribution is 5.07. The predicted octanol–water partition coefficient (Wildman–Crippen LogP) is 1.84. The highest BCUT2D eigenvalue weighted by atomic mass is 15.3. The largest absolute Gasteiger partial charge is 0.271 e. The summed E-state index contributed by atoms with van der Waals surface area (Å²) in [6.07, 6.45) is 2.82. The molecule has 86 valence electrons. The van der Waals surface area contributed by atoms with Crippen LogP contribution < -0.4 is 11.3 Å². The third-order valence-corrected chi connectivity index (χ3v) is 2.42. The Morgan fingerprint density at radius 2 is 2.20 bits per heavy atom. The first-order valence-corrected chi connectivity index (χ1v) is 5.45. The fourth-order valence-corrected chi connectivity index (χ4v) is 1.76. The lowest BCUT2D eigenvalue weighted by molar-refractivity contribution is 0.303. The van der Waals surface area contributed by atoms with Gasteiger partial charge in [0.2, 0.25) is 0 Å². The highest BCUT2D eigenvalue weighted by Crippen LogP contribution is 2.28. The first-order chi connectivity index (χ1) is 6.98. The molecule has 3 N–H and O–H groups in total. The van der Waals surface area contributed by atoms with Crippen molar-refractivity contribution in [2.24, 2.45) is 11.3 Å². The smallest absolute Gasteiger partial charge is 0.0634 e. The van der Waals surface area contributed by atoms with Crippen molar-refractivity contribution in [1.82, 2.24) is 15.2 Å². The Balaban J connectivity index is 2.83. The third-order valence-electron chi connectivity index (χ3n) is 2.42. The topological polar surface area (TPSA) is 55.9 Å². The maximum atomic E-state index is 5.60. The number of hydrogen-bond acceptors (Lipinski definition) is 3. The molecule has 1 unspecified atom stereocenters. The van der Waals surface area contributed by atoms with Crippen molar-refractivity contribution >= 4 is 0 Å². The second-order valence-electron chi connectivity index (χ2n) is 5.06. The molecule has 1 atom stereocenters. The van der Waals surface area contributed by atoms with Gasteiger partial charge in [0.05, 0.1) is 11.7 Å². The molecule has 0 bridgehead atoms. The Kier molecular flexibility index (Phi) is 3.88. The maximum absolute atomic E-state index is 5.60. The summed E-state index contributed by atoms with van der Waals surface area (Å²) in [5.41, 5.74) is 4.29. The minimum absolute atomic E-state index is 0.174. The van der Waals surface area contributed by atoms with Crippen LogP contribution in [0.1, 0.15) is 45.9 Å². The van der Waals surface area contributed by atoms with Gasteiger partial charge in [-0.2, -0.15) is 5.10 Å². The minimum atomic E-state index is 0.174. The van der Waals surface area contributed by atoms with Crippen molar-refractivity contribution in [3.63, 3.8) is 0 Å². The van der Waals surface area contributed by atoms with Crippen molar-refractivity contribution in [3.05, 3.63) is 18.0 Å². The van der Waals surface area contributed by atoms with E-state index in [1.54, 1.807) is 0 Å². The van der Waals surface area contributed by atoms with Gasteiger partial charge in [-0.25, -0.2) is 0 Å². The standard InChI is InChI=1S/C11H22N4/c1-5-15-10(6-7-13-15)9(14-12)8-11(2,3)4/h6-7,9,14H,5,8,12H2,1-4H3. The van der Waals surface area contributed by atoms with Gasteiger partial charge in [-0.15, -0.1) is 0 Å². The molecule has 1 aromatic heterocycles. The minimum Gasteiger partial charge on any atom is -0.271 e. The second-order valence-corrected chi connectivity index (χ2v) is 5.06. The molecular weight excluding hydrogens is 188 g/mol. The lowest BCUT2D eigenvalue weighted by atomic mass is 9.87. The summed E-state index contributed by atoms with van der Waals surface area (Å²) in [4.78, 5) is 0. The van der Waals surface area contributed by atoms with E-state index in [0.29, 0.717) is 0 Å². The van der Waals surface area contributed by atoms with Gasteiger partial charge in [0.25, 0.3) is 0 Å². The van der Waals surface area contributed by atoms with Gasteiger partial charge in [-0.05, 0) is 24.8 Å². The van der Waals surface area contributed by atoms with Crippen LogP contribution in [0, 0.1) is 5.41 Å². The first-order valence-electron chi connectivity index (χ1n) is 5.45. The van der Waals surface area contributed by atoms with E-state index in [1.165, 1.54) is 0 Å². The summed E-state index contributed by atoms with van der Waals surface area (Å²) in [5, 5.41) is 4.25. The molecule has 0 amide bonds. The van der Waals surface area contributed by atoms with Crippen LogP contribution >= 0.6 is 0 Å². The van der Waals surface area contributed by atoms with E-state index >= 15 is 0 Å². The van der Waals surface area contributed by atoms with Crippen molar-refractivity contribution in [1.29, 1.82) is 0 Å². The van der Waals surface area contributed by atoms with Crippen LogP contribution in [0.5, 0.6) is 0 Å². The van der Waals surface area contributed by atoms with Gasteiger partial charge in [-0.1, -0.05) is 20.8 Å². The van der Waals surface area contributed by atoms with Crippen molar-refractivity contribution in [2.45, 2.75) is 46.7 Å². The molecular formula is C11H22N4. The number of nitrogens with zero attached hydrogens (tertiary/aromatic N) is 2. The Hall–Kier alpha value is -0.870. The van der Waals surface area contributed by atoms with Gasteiger partial charge in [-0.3, -0.25) is 16.0 Å². The average molecular weight is 210 g/mol. The Bertz CT molecular complexity index is 298. The van der Waals surface area contributed by atoms with Crippen LogP contribution in [0.15, 0.2) is 12.3 Å². The number of aromatic nitrogens is 2. The van der Waals surface area contributed by atoms with Gasteiger partial charge in [0, 0.05) is 12.7 Å². The molecule has 1 aromatic rings. The van der Waals surface area contributed by atoms with Gasteiger partial charge >= 0.3 is 0 Å². The number of nitrogens with one attached hydrogen (secondary N) is 1. The van der Waals surface area contributed by atoms with Crippen LogP contribution in [-0.4, -0.2) is 9.78 Å². The fraction of sp³-hybridized carbons (Fsp3) is 0.727. The highest BCUT2D eigenvalue weighted by Gasteiger charge is 2.21. The fourth-order valence-electron chi connectivity index (χ4n) is 1.76. The molecule has 0 saturated carbocycles. The number of hydrazine groups is 1. The molecule has 0 aliphatic carbocycles. The summed E-state index contributed by atoms with van der Waals surface area (Å²) in [7, 11) is 0. The molecule has 0 aliphatic rings. The Morgan fingerprint density at radius 3 is 2.67 bits per heavy atom. The Morgan fingerprint density at radius 1 is 1.53 bits per heavy atom. The van der Waals surface area contributed by atoms with Crippen LogP contribution in [0.4, 0.5) is 0 Å². The molecule has 1 rings (SSSR count). The normalized spacial score (nSPS) is 14.2. The molecule has 4 heteroatoms. The molecule has 0 aliphatic heterocycles. The zero-order valence-electron chi connectivity index (χ0n) is 10.1. The maximum Gasteiger partial charge on any atom is 0.0634 e.